The molecule has 108 valence electrons. The topological polar surface area (TPSA) is 32.3 Å². The van der Waals surface area contributed by atoms with Crippen LogP contribution in [0.15, 0.2) is 24.3 Å². The minimum Gasteiger partial charge on any atom is -0.315 e. The predicted octanol–water partition coefficient (Wildman–Crippen LogP) is 2.57. The maximum atomic E-state index is 12.2. The molecule has 1 heterocycles. The van der Waals surface area contributed by atoms with E-state index in [4.69, 9.17) is 0 Å². The van der Waals surface area contributed by atoms with Crippen LogP contribution in [0.25, 0.3) is 0 Å². The molecule has 19 heavy (non-hydrogen) atoms. The van der Waals surface area contributed by atoms with E-state index in [1.165, 1.54) is 50.7 Å². The summed E-state index contributed by atoms with van der Waals surface area (Å²) in [7, 11) is 4.27. The molecule has 3 nitrogen and oxygen atoms in total. The number of rotatable bonds is 2. The Labute approximate surface area is 115 Å². The van der Waals surface area contributed by atoms with Crippen LogP contribution in [0.3, 0.4) is 0 Å². The molecule has 0 saturated carbocycles. The number of halogens is 1. The quantitative estimate of drug-likeness (QED) is 0.837. The van der Waals surface area contributed by atoms with E-state index in [1.54, 1.807) is 0 Å². The van der Waals surface area contributed by atoms with Gasteiger partial charge < -0.3 is 10.2 Å². The van der Waals surface area contributed by atoms with Gasteiger partial charge in [-0.3, -0.25) is 4.79 Å². The van der Waals surface area contributed by atoms with Crippen molar-refractivity contribution in [2.24, 2.45) is 0 Å². The van der Waals surface area contributed by atoms with Crippen molar-refractivity contribution in [3.63, 3.8) is 0 Å². The summed E-state index contributed by atoms with van der Waals surface area (Å²) in [5.74, 6) is -0.356. The molecule has 0 spiro atoms. The Balaban J connectivity index is 0.000000331. The van der Waals surface area contributed by atoms with Crippen LogP contribution in [0.5, 0.6) is 0 Å². The number of carbonyl (C=O) groups excluding carboxylic acids is 1. The smallest absolute Gasteiger partial charge is 0.159 e. The Bertz CT molecular complexity index is 370. The molecule has 0 radical (unpaired) electrons. The Kier molecular flexibility index (Phi) is 8.19. The van der Waals surface area contributed by atoms with Crippen molar-refractivity contribution >= 4 is 5.78 Å². The number of hydrogen-bond donors (Lipinski definition) is 1. The zero-order valence-electron chi connectivity index (χ0n) is 11.2. The van der Waals surface area contributed by atoms with Crippen LogP contribution in [-0.4, -0.2) is 43.9 Å². The third-order valence-electron chi connectivity index (χ3n) is 3.02. The third kappa shape index (κ3) is 6.45. The van der Waals surface area contributed by atoms with E-state index in [0.29, 0.717) is 5.56 Å². The molecule has 0 unspecified atom stereocenters. The van der Waals surface area contributed by atoms with Crippen molar-refractivity contribution in [1.29, 1.82) is 0 Å². The fourth-order valence-electron chi connectivity index (χ4n) is 1.76. The van der Waals surface area contributed by atoms with Gasteiger partial charge in [0.2, 0.25) is 0 Å². The van der Waals surface area contributed by atoms with Gasteiger partial charge >= 0.3 is 0 Å². The summed E-state index contributed by atoms with van der Waals surface area (Å²) in [6.07, 6.45) is 1.31. The maximum absolute atomic E-state index is 12.2. The molecular weight excluding hydrogens is 243 g/mol. The molecule has 1 saturated heterocycles. The molecule has 0 aliphatic carbocycles. The van der Waals surface area contributed by atoms with Crippen LogP contribution in [0.4, 0.5) is 4.39 Å². The van der Waals surface area contributed by atoms with Gasteiger partial charge in [0.15, 0.2) is 5.78 Å². The lowest BCUT2D eigenvalue weighted by Crippen LogP contribution is -2.29. The highest BCUT2D eigenvalue weighted by Gasteiger charge is 2.14. The first-order valence-corrected chi connectivity index (χ1v) is 6.14. The second-order valence-electron chi connectivity index (χ2n) is 4.67. The Morgan fingerprint density at radius 1 is 1.32 bits per heavy atom. The van der Waals surface area contributed by atoms with Crippen LogP contribution < -0.4 is 5.32 Å². The molecule has 1 aromatic rings. The Morgan fingerprint density at radius 3 is 2.21 bits per heavy atom. The third-order valence-corrected chi connectivity index (χ3v) is 3.02. The van der Waals surface area contributed by atoms with Crippen LogP contribution in [0, 0.1) is 5.82 Å². The molecule has 1 N–H and O–H groups in total. The summed E-state index contributed by atoms with van der Waals surface area (Å²) >= 11 is 0. The van der Waals surface area contributed by atoms with E-state index in [9.17, 15) is 9.18 Å². The highest BCUT2D eigenvalue weighted by atomic mass is 19.1. The van der Waals surface area contributed by atoms with Crippen LogP contribution >= 0.6 is 0 Å². The highest BCUT2D eigenvalue weighted by molar-refractivity contribution is 5.93. The summed E-state index contributed by atoms with van der Waals surface area (Å²) in [5, 5.41) is 3.31. The lowest BCUT2D eigenvalue weighted by Gasteiger charge is -2.16. The first-order chi connectivity index (χ1) is 8.50. The molecule has 0 bridgehead atoms. The summed E-state index contributed by atoms with van der Waals surface area (Å²) in [6.45, 7) is 3.82. The Morgan fingerprint density at radius 2 is 1.89 bits per heavy atom. The number of nitrogens with zero attached hydrogens (tertiary/aromatic N) is 1. The van der Waals surface area contributed by atoms with Crippen LogP contribution in [-0.2, 0) is 0 Å². The van der Waals surface area contributed by atoms with Crippen molar-refractivity contribution < 1.29 is 9.18 Å². The zero-order chi connectivity index (χ0) is 13.5. The van der Waals surface area contributed by atoms with E-state index >= 15 is 0 Å². The lowest BCUT2D eigenvalue weighted by atomic mass is 10.1. The number of benzene rings is 1. The monoisotopic (exact) mass is 268 g/mol. The van der Waals surface area contributed by atoms with Crippen molar-refractivity contribution in [3.8, 4) is 0 Å². The van der Waals surface area contributed by atoms with Crippen molar-refractivity contribution in [2.75, 3.05) is 27.2 Å². The number of hydrogen-bond acceptors (Lipinski definition) is 3. The molecule has 2 rings (SSSR count). The van der Waals surface area contributed by atoms with Gasteiger partial charge in [0.1, 0.15) is 5.82 Å². The second-order valence-corrected chi connectivity index (χ2v) is 4.67. The molecule has 1 aliphatic rings. The molecule has 1 aromatic carbocycles. The standard InChI is InChI=1S/C8H7FO.C6H14N2.CH4/c1-6(10)7-2-4-8(9)5-3-7;1-8(2)6-3-4-7-5-6;/h2-5H,1H3;6-7H,3-5H2,1-2H3;1H4/t;6-;/m.1./s1. The number of Topliss-reactive ketones (excluding diaryl/α,β-unsaturated/α-hetero) is 1. The molecule has 4 heteroatoms. The average molecular weight is 268 g/mol. The summed E-state index contributed by atoms with van der Waals surface area (Å²) in [4.78, 5) is 12.9. The molecule has 1 fully saturated rings. The molecular formula is C15H25FN2O. The predicted molar refractivity (Wildman–Crippen MR) is 78.1 cm³/mol. The minimum absolute atomic E-state index is 0. The Hall–Kier alpha value is -1.26. The van der Waals surface area contributed by atoms with Gasteiger partial charge in [-0.2, -0.15) is 0 Å². The first kappa shape index (κ1) is 17.7. The molecule has 0 amide bonds. The highest BCUT2D eigenvalue weighted by Crippen LogP contribution is 2.02. The first-order valence-electron chi connectivity index (χ1n) is 6.14. The number of likely N-dealkylation sites (N-methyl/N-ethyl adjacent to an activating group) is 1. The number of nitrogens with one attached hydrogen (secondary N) is 1. The number of ketones is 1. The molecule has 1 atom stereocenters. The van der Waals surface area contributed by atoms with Gasteiger partial charge in [0.05, 0.1) is 0 Å². The fourth-order valence-corrected chi connectivity index (χ4v) is 1.76. The summed E-state index contributed by atoms with van der Waals surface area (Å²) in [5.41, 5.74) is 0.543. The van der Waals surface area contributed by atoms with E-state index in [1.807, 2.05) is 0 Å². The van der Waals surface area contributed by atoms with E-state index in [0.717, 1.165) is 6.04 Å². The van der Waals surface area contributed by atoms with Gasteiger partial charge in [-0.25, -0.2) is 4.39 Å². The molecule has 1 aliphatic heterocycles. The van der Waals surface area contributed by atoms with Gasteiger partial charge in [-0.1, -0.05) is 7.43 Å². The second kappa shape index (κ2) is 8.77. The van der Waals surface area contributed by atoms with Gasteiger partial charge in [0.25, 0.3) is 0 Å². The van der Waals surface area contributed by atoms with E-state index in [2.05, 4.69) is 24.3 Å². The van der Waals surface area contributed by atoms with Crippen molar-refractivity contribution in [3.05, 3.63) is 35.6 Å². The lowest BCUT2D eigenvalue weighted by molar-refractivity contribution is 0.101. The average Bonchev–Trinajstić information content (AvgIpc) is 2.84. The van der Waals surface area contributed by atoms with Crippen LogP contribution in [0.2, 0.25) is 0 Å². The zero-order valence-corrected chi connectivity index (χ0v) is 11.2. The summed E-state index contributed by atoms with van der Waals surface area (Å²) < 4.78 is 12.2. The van der Waals surface area contributed by atoms with Crippen molar-refractivity contribution in [2.45, 2.75) is 26.8 Å². The van der Waals surface area contributed by atoms with Gasteiger partial charge in [-0.05, 0) is 58.3 Å². The van der Waals surface area contributed by atoms with Crippen molar-refractivity contribution in [1.82, 2.24) is 10.2 Å². The van der Waals surface area contributed by atoms with Gasteiger partial charge in [-0.15, -0.1) is 0 Å². The van der Waals surface area contributed by atoms with Crippen LogP contribution in [0.1, 0.15) is 31.1 Å². The largest absolute Gasteiger partial charge is 0.315 e. The van der Waals surface area contributed by atoms with E-state index < -0.39 is 0 Å². The minimum atomic E-state index is -0.315. The SMILES string of the molecule is C.CC(=O)c1ccc(F)cc1.CN(C)[C@@H]1CCNC1. The fraction of sp³-hybridized carbons (Fsp3) is 0.533. The molecule has 0 aromatic heterocycles. The van der Waals surface area contributed by atoms with Gasteiger partial charge in [0, 0.05) is 18.2 Å². The number of carbonyl (C=O) groups is 1. The normalized spacial score (nSPS) is 17.4. The summed E-state index contributed by atoms with van der Waals surface area (Å²) in [6, 6.07) is 6.28. The van der Waals surface area contributed by atoms with E-state index in [-0.39, 0.29) is 19.0 Å². The maximum Gasteiger partial charge on any atom is 0.159 e.